The molecule has 1 aliphatic rings. The number of hydrogen-bond acceptors (Lipinski definition) is 6. The monoisotopic (exact) mass is 407 g/mol. The number of halogens is 1. The van der Waals surface area contributed by atoms with E-state index >= 15 is 0 Å². The molecule has 0 aliphatic carbocycles. The van der Waals surface area contributed by atoms with Crippen molar-refractivity contribution >= 4 is 18.2 Å². The minimum absolute atomic E-state index is 0. The molecule has 1 saturated heterocycles. The second-order valence-electron chi connectivity index (χ2n) is 6.21. The van der Waals surface area contributed by atoms with E-state index in [0.29, 0.717) is 35.0 Å². The van der Waals surface area contributed by atoms with Gasteiger partial charge in [-0.2, -0.15) is 0 Å². The van der Waals surface area contributed by atoms with Gasteiger partial charge in [0.1, 0.15) is 6.61 Å². The second-order valence-corrected chi connectivity index (χ2v) is 6.21. The van der Waals surface area contributed by atoms with Crippen molar-refractivity contribution in [3.8, 4) is 17.2 Å². The lowest BCUT2D eigenvalue weighted by atomic mass is 10.0. The molecule has 0 unspecified atom stereocenters. The number of benzene rings is 2. The third-order valence-corrected chi connectivity index (χ3v) is 4.52. The van der Waals surface area contributed by atoms with Crippen LogP contribution in [-0.2, 0) is 4.74 Å². The lowest BCUT2D eigenvalue weighted by molar-refractivity contribution is 0.0319. The molecule has 1 heterocycles. The summed E-state index contributed by atoms with van der Waals surface area (Å²) in [7, 11) is 3.11. The molecule has 3 rings (SSSR count). The third-order valence-electron chi connectivity index (χ3n) is 4.52. The Morgan fingerprint density at radius 2 is 1.61 bits per heavy atom. The zero-order valence-electron chi connectivity index (χ0n) is 16.2. The van der Waals surface area contributed by atoms with Crippen molar-refractivity contribution in [2.24, 2.45) is 0 Å². The number of ether oxygens (including phenoxy) is 4. The van der Waals surface area contributed by atoms with Crippen LogP contribution in [0.1, 0.15) is 15.9 Å². The van der Waals surface area contributed by atoms with Gasteiger partial charge in [-0.05, 0) is 12.1 Å². The van der Waals surface area contributed by atoms with Gasteiger partial charge >= 0.3 is 0 Å². The van der Waals surface area contributed by atoms with Crippen LogP contribution in [0.3, 0.4) is 0 Å². The smallest absolute Gasteiger partial charge is 0.203 e. The number of carbonyl (C=O) groups excluding carboxylic acids is 1. The molecule has 0 radical (unpaired) electrons. The van der Waals surface area contributed by atoms with Crippen molar-refractivity contribution in [1.82, 2.24) is 4.90 Å². The van der Waals surface area contributed by atoms with Gasteiger partial charge in [0.25, 0.3) is 0 Å². The molecule has 1 fully saturated rings. The van der Waals surface area contributed by atoms with Crippen LogP contribution in [0.2, 0.25) is 0 Å². The molecule has 7 heteroatoms. The molecule has 0 N–H and O–H groups in total. The molecule has 0 aromatic heterocycles. The highest BCUT2D eigenvalue weighted by atomic mass is 35.5. The van der Waals surface area contributed by atoms with Crippen molar-refractivity contribution in [3.63, 3.8) is 0 Å². The predicted octanol–water partition coefficient (Wildman–Crippen LogP) is 3.07. The predicted molar refractivity (Wildman–Crippen MR) is 109 cm³/mol. The Hall–Kier alpha value is -2.28. The van der Waals surface area contributed by atoms with E-state index in [4.69, 9.17) is 18.9 Å². The summed E-state index contributed by atoms with van der Waals surface area (Å²) in [4.78, 5) is 15.0. The van der Waals surface area contributed by atoms with Crippen LogP contribution in [0.15, 0.2) is 42.5 Å². The van der Waals surface area contributed by atoms with Crippen LogP contribution < -0.4 is 14.2 Å². The van der Waals surface area contributed by atoms with Crippen LogP contribution in [0.5, 0.6) is 17.2 Å². The summed E-state index contributed by atoms with van der Waals surface area (Å²) in [6, 6.07) is 12.5. The van der Waals surface area contributed by atoms with Gasteiger partial charge in [0.2, 0.25) is 5.75 Å². The first-order valence-corrected chi connectivity index (χ1v) is 9.01. The van der Waals surface area contributed by atoms with Crippen molar-refractivity contribution in [3.05, 3.63) is 53.6 Å². The van der Waals surface area contributed by atoms with E-state index in [1.807, 2.05) is 18.2 Å². The summed E-state index contributed by atoms with van der Waals surface area (Å²) in [6.45, 7) is 4.61. The molecular weight excluding hydrogens is 382 g/mol. The van der Waals surface area contributed by atoms with E-state index in [1.165, 1.54) is 0 Å². The topological polar surface area (TPSA) is 57.2 Å². The highest BCUT2D eigenvalue weighted by Crippen LogP contribution is 2.39. The lowest BCUT2D eigenvalue weighted by Gasteiger charge is -2.26. The normalized spacial score (nSPS) is 14.1. The first kappa shape index (κ1) is 22.0. The number of methoxy groups -OCH3 is 2. The molecule has 6 nitrogen and oxygen atoms in total. The molecule has 0 spiro atoms. The van der Waals surface area contributed by atoms with Gasteiger partial charge in [0.05, 0.1) is 27.4 Å². The molecule has 0 amide bonds. The van der Waals surface area contributed by atoms with Crippen LogP contribution in [0, 0.1) is 0 Å². The number of carbonyl (C=O) groups is 1. The first-order chi connectivity index (χ1) is 13.2. The standard InChI is InChI=1S/C21H25NO5.ClH/c1-24-18-14-17(20(23)16-6-4-3-5-7-16)15-19(25-2)21(18)27-13-10-22-8-11-26-12-9-22;/h3-7,14-15H,8-13H2,1-2H3;1H. The van der Waals surface area contributed by atoms with Gasteiger partial charge in [-0.15, -0.1) is 12.4 Å². The van der Waals surface area contributed by atoms with Crippen molar-refractivity contribution in [2.75, 3.05) is 53.7 Å². The minimum Gasteiger partial charge on any atom is -0.493 e. The number of hydrogen-bond donors (Lipinski definition) is 0. The molecule has 152 valence electrons. The average Bonchev–Trinajstić information content (AvgIpc) is 2.74. The van der Waals surface area contributed by atoms with E-state index in [-0.39, 0.29) is 18.2 Å². The summed E-state index contributed by atoms with van der Waals surface area (Å²) in [5.41, 5.74) is 1.11. The van der Waals surface area contributed by atoms with Crippen LogP contribution in [0.25, 0.3) is 0 Å². The highest BCUT2D eigenvalue weighted by Gasteiger charge is 2.19. The van der Waals surface area contributed by atoms with Gasteiger partial charge in [0, 0.05) is 30.8 Å². The molecule has 0 bridgehead atoms. The average molecular weight is 408 g/mol. The van der Waals surface area contributed by atoms with E-state index < -0.39 is 0 Å². The van der Waals surface area contributed by atoms with Gasteiger partial charge in [-0.25, -0.2) is 0 Å². The maximum atomic E-state index is 12.7. The lowest BCUT2D eigenvalue weighted by Crippen LogP contribution is -2.38. The zero-order chi connectivity index (χ0) is 19.1. The Kier molecular flexibility index (Phi) is 8.57. The summed E-state index contributed by atoms with van der Waals surface area (Å²) < 4.78 is 22.2. The fourth-order valence-corrected chi connectivity index (χ4v) is 3.01. The fourth-order valence-electron chi connectivity index (χ4n) is 3.01. The maximum Gasteiger partial charge on any atom is 0.203 e. The van der Waals surface area contributed by atoms with Crippen LogP contribution in [0.4, 0.5) is 0 Å². The molecule has 0 saturated carbocycles. The minimum atomic E-state index is -0.0907. The van der Waals surface area contributed by atoms with Crippen molar-refractivity contribution < 1.29 is 23.7 Å². The zero-order valence-corrected chi connectivity index (χ0v) is 17.0. The van der Waals surface area contributed by atoms with E-state index in [1.54, 1.807) is 38.5 Å². The quantitative estimate of drug-likeness (QED) is 0.627. The number of ketones is 1. The Balaban J connectivity index is 0.00000280. The Morgan fingerprint density at radius 1 is 1.00 bits per heavy atom. The van der Waals surface area contributed by atoms with E-state index in [0.717, 1.165) is 32.8 Å². The largest absolute Gasteiger partial charge is 0.493 e. The van der Waals surface area contributed by atoms with E-state index in [9.17, 15) is 4.79 Å². The second kappa shape index (κ2) is 10.9. The van der Waals surface area contributed by atoms with Crippen molar-refractivity contribution in [2.45, 2.75) is 0 Å². The Morgan fingerprint density at radius 3 is 2.18 bits per heavy atom. The number of rotatable bonds is 8. The SMILES string of the molecule is COc1cc(C(=O)c2ccccc2)cc(OC)c1OCCN1CCOCC1.Cl. The number of morpholine rings is 1. The maximum absolute atomic E-state index is 12.7. The number of nitrogens with zero attached hydrogens (tertiary/aromatic N) is 1. The van der Waals surface area contributed by atoms with Crippen LogP contribution in [-0.4, -0.2) is 64.4 Å². The molecular formula is C21H26ClNO5. The van der Waals surface area contributed by atoms with E-state index in [2.05, 4.69) is 4.90 Å². The highest BCUT2D eigenvalue weighted by molar-refractivity contribution is 6.09. The molecule has 1 aliphatic heterocycles. The van der Waals surface area contributed by atoms with Gasteiger partial charge < -0.3 is 18.9 Å². The molecule has 0 atom stereocenters. The fraction of sp³-hybridized carbons (Fsp3) is 0.381. The third kappa shape index (κ3) is 5.38. The van der Waals surface area contributed by atoms with Gasteiger partial charge in [0.15, 0.2) is 17.3 Å². The molecule has 2 aromatic carbocycles. The summed E-state index contributed by atoms with van der Waals surface area (Å²) >= 11 is 0. The first-order valence-electron chi connectivity index (χ1n) is 9.01. The summed E-state index contributed by atoms with van der Waals surface area (Å²) in [6.07, 6.45) is 0. The Bertz CT molecular complexity index is 738. The summed E-state index contributed by atoms with van der Waals surface area (Å²) in [5.74, 6) is 1.39. The molecule has 2 aromatic rings. The van der Waals surface area contributed by atoms with Gasteiger partial charge in [-0.3, -0.25) is 9.69 Å². The Labute approximate surface area is 171 Å². The van der Waals surface area contributed by atoms with Gasteiger partial charge in [-0.1, -0.05) is 30.3 Å². The molecule has 28 heavy (non-hydrogen) atoms. The van der Waals surface area contributed by atoms with Crippen LogP contribution >= 0.6 is 12.4 Å². The van der Waals surface area contributed by atoms with Crippen molar-refractivity contribution in [1.29, 1.82) is 0 Å². The summed E-state index contributed by atoms with van der Waals surface area (Å²) in [5, 5.41) is 0.